The second kappa shape index (κ2) is 7.82. The van der Waals surface area contributed by atoms with Crippen molar-refractivity contribution in [2.75, 3.05) is 33.3 Å². The SMILES string of the molecule is COc1cccc(CN2CCN(C(=O)c3cccc(C#N)c3)CC2)c1. The van der Waals surface area contributed by atoms with E-state index in [9.17, 15) is 4.79 Å². The van der Waals surface area contributed by atoms with Crippen LogP contribution in [0.15, 0.2) is 48.5 Å². The van der Waals surface area contributed by atoms with Crippen molar-refractivity contribution < 1.29 is 9.53 Å². The molecule has 5 nitrogen and oxygen atoms in total. The van der Waals surface area contributed by atoms with E-state index in [2.05, 4.69) is 17.0 Å². The predicted molar refractivity (Wildman–Crippen MR) is 95.3 cm³/mol. The zero-order valence-corrected chi connectivity index (χ0v) is 14.3. The van der Waals surface area contributed by atoms with Crippen molar-refractivity contribution in [2.24, 2.45) is 0 Å². The van der Waals surface area contributed by atoms with Crippen molar-refractivity contribution in [2.45, 2.75) is 6.54 Å². The second-order valence-electron chi connectivity index (χ2n) is 6.11. The maximum absolute atomic E-state index is 12.6. The molecule has 1 aliphatic heterocycles. The van der Waals surface area contributed by atoms with Crippen LogP contribution in [-0.4, -0.2) is 49.0 Å². The summed E-state index contributed by atoms with van der Waals surface area (Å²) in [4.78, 5) is 16.8. The molecule has 1 saturated heterocycles. The first-order chi connectivity index (χ1) is 12.2. The van der Waals surface area contributed by atoms with E-state index in [0.29, 0.717) is 24.2 Å². The van der Waals surface area contributed by atoms with Crippen LogP contribution in [0.2, 0.25) is 0 Å². The smallest absolute Gasteiger partial charge is 0.253 e. The summed E-state index contributed by atoms with van der Waals surface area (Å²) in [5.41, 5.74) is 2.31. The van der Waals surface area contributed by atoms with E-state index in [1.807, 2.05) is 23.1 Å². The van der Waals surface area contributed by atoms with Gasteiger partial charge >= 0.3 is 0 Å². The quantitative estimate of drug-likeness (QED) is 0.861. The number of benzene rings is 2. The molecule has 1 aliphatic rings. The van der Waals surface area contributed by atoms with Crippen LogP contribution in [-0.2, 0) is 6.54 Å². The topological polar surface area (TPSA) is 56.6 Å². The second-order valence-corrected chi connectivity index (χ2v) is 6.11. The highest BCUT2D eigenvalue weighted by Crippen LogP contribution is 2.16. The zero-order chi connectivity index (χ0) is 17.6. The highest BCUT2D eigenvalue weighted by atomic mass is 16.5. The van der Waals surface area contributed by atoms with Gasteiger partial charge in [-0.25, -0.2) is 0 Å². The number of carbonyl (C=O) groups is 1. The van der Waals surface area contributed by atoms with Crippen molar-refractivity contribution in [3.05, 3.63) is 65.2 Å². The van der Waals surface area contributed by atoms with Crippen LogP contribution < -0.4 is 4.74 Å². The van der Waals surface area contributed by atoms with Gasteiger partial charge in [0.15, 0.2) is 0 Å². The minimum absolute atomic E-state index is 0.00173. The van der Waals surface area contributed by atoms with Gasteiger partial charge in [-0.2, -0.15) is 5.26 Å². The van der Waals surface area contributed by atoms with Crippen molar-refractivity contribution in [3.63, 3.8) is 0 Å². The predicted octanol–water partition coefficient (Wildman–Crippen LogP) is 2.52. The van der Waals surface area contributed by atoms with E-state index in [4.69, 9.17) is 10.00 Å². The number of amides is 1. The number of nitriles is 1. The summed E-state index contributed by atoms with van der Waals surface area (Å²) >= 11 is 0. The summed E-state index contributed by atoms with van der Waals surface area (Å²) in [6, 6.07) is 17.0. The molecule has 0 bridgehead atoms. The lowest BCUT2D eigenvalue weighted by Gasteiger charge is -2.34. The first-order valence-electron chi connectivity index (χ1n) is 8.34. The zero-order valence-electron chi connectivity index (χ0n) is 14.3. The molecule has 1 heterocycles. The first-order valence-corrected chi connectivity index (χ1v) is 8.34. The Morgan fingerprint density at radius 3 is 2.60 bits per heavy atom. The monoisotopic (exact) mass is 335 g/mol. The van der Waals surface area contributed by atoms with E-state index < -0.39 is 0 Å². The third kappa shape index (κ3) is 4.17. The number of hydrogen-bond donors (Lipinski definition) is 0. The third-order valence-electron chi connectivity index (χ3n) is 4.44. The van der Waals surface area contributed by atoms with Crippen LogP contribution in [0.1, 0.15) is 21.5 Å². The molecule has 0 saturated carbocycles. The van der Waals surface area contributed by atoms with Crippen LogP contribution >= 0.6 is 0 Å². The van der Waals surface area contributed by atoms with Gasteiger partial charge in [-0.1, -0.05) is 18.2 Å². The lowest BCUT2D eigenvalue weighted by atomic mass is 10.1. The molecular formula is C20H21N3O2. The Hall–Kier alpha value is -2.84. The summed E-state index contributed by atoms with van der Waals surface area (Å²) in [6.07, 6.45) is 0. The fourth-order valence-electron chi connectivity index (χ4n) is 3.04. The Morgan fingerprint density at radius 1 is 1.12 bits per heavy atom. The van der Waals surface area contributed by atoms with Crippen molar-refractivity contribution >= 4 is 5.91 Å². The summed E-state index contributed by atoms with van der Waals surface area (Å²) in [5.74, 6) is 0.863. The van der Waals surface area contributed by atoms with Crippen molar-refractivity contribution in [1.82, 2.24) is 9.80 Å². The average Bonchev–Trinajstić information content (AvgIpc) is 2.68. The Labute approximate surface area is 148 Å². The third-order valence-corrected chi connectivity index (χ3v) is 4.44. The molecule has 0 atom stereocenters. The van der Waals surface area contributed by atoms with Crippen LogP contribution in [0.5, 0.6) is 5.75 Å². The van der Waals surface area contributed by atoms with Gasteiger partial charge in [-0.05, 0) is 35.9 Å². The van der Waals surface area contributed by atoms with E-state index in [0.717, 1.165) is 25.4 Å². The summed E-state index contributed by atoms with van der Waals surface area (Å²) < 4.78 is 5.27. The van der Waals surface area contributed by atoms with Crippen molar-refractivity contribution in [1.29, 1.82) is 5.26 Å². The molecule has 1 fully saturated rings. The first kappa shape index (κ1) is 17.0. The molecule has 3 rings (SSSR count). The molecule has 2 aromatic rings. The fourth-order valence-corrected chi connectivity index (χ4v) is 3.04. The number of carbonyl (C=O) groups excluding carboxylic acids is 1. The maximum atomic E-state index is 12.6. The van der Waals surface area contributed by atoms with Crippen LogP contribution in [0, 0.1) is 11.3 Å². The minimum atomic E-state index is -0.00173. The maximum Gasteiger partial charge on any atom is 0.253 e. The number of hydrogen-bond acceptors (Lipinski definition) is 4. The summed E-state index contributed by atoms with van der Waals surface area (Å²) in [6.45, 7) is 3.91. The molecule has 0 unspecified atom stereocenters. The van der Waals surface area contributed by atoms with Gasteiger partial charge in [0.2, 0.25) is 0 Å². The Kier molecular flexibility index (Phi) is 5.32. The molecule has 25 heavy (non-hydrogen) atoms. The van der Waals surface area contributed by atoms with Gasteiger partial charge in [0.05, 0.1) is 18.7 Å². The number of piperazine rings is 1. The summed E-state index contributed by atoms with van der Waals surface area (Å²) in [5, 5.41) is 8.98. The Balaban J connectivity index is 1.57. The van der Waals surface area contributed by atoms with Crippen LogP contribution in [0.25, 0.3) is 0 Å². The van der Waals surface area contributed by atoms with Gasteiger partial charge in [0.1, 0.15) is 5.75 Å². The van der Waals surface area contributed by atoms with Gasteiger partial charge in [0, 0.05) is 38.3 Å². The fraction of sp³-hybridized carbons (Fsp3) is 0.300. The Bertz CT molecular complexity index is 790. The van der Waals surface area contributed by atoms with Crippen LogP contribution in [0.4, 0.5) is 0 Å². The normalized spacial score (nSPS) is 14.8. The number of rotatable bonds is 4. The van der Waals surface area contributed by atoms with Gasteiger partial charge in [-0.3, -0.25) is 9.69 Å². The lowest BCUT2D eigenvalue weighted by Crippen LogP contribution is -2.48. The van der Waals surface area contributed by atoms with Gasteiger partial charge in [-0.15, -0.1) is 0 Å². The molecule has 1 amide bonds. The largest absolute Gasteiger partial charge is 0.497 e. The van der Waals surface area contributed by atoms with E-state index in [1.54, 1.807) is 31.4 Å². The Morgan fingerprint density at radius 2 is 1.88 bits per heavy atom. The van der Waals surface area contributed by atoms with E-state index >= 15 is 0 Å². The molecular weight excluding hydrogens is 314 g/mol. The lowest BCUT2D eigenvalue weighted by molar-refractivity contribution is 0.0628. The highest BCUT2D eigenvalue weighted by Gasteiger charge is 2.22. The molecule has 2 aromatic carbocycles. The van der Waals surface area contributed by atoms with Crippen LogP contribution in [0.3, 0.4) is 0 Å². The number of ether oxygens (including phenoxy) is 1. The molecule has 5 heteroatoms. The molecule has 0 aromatic heterocycles. The van der Waals surface area contributed by atoms with Gasteiger partial charge in [0.25, 0.3) is 5.91 Å². The summed E-state index contributed by atoms with van der Waals surface area (Å²) in [7, 11) is 1.67. The standard InChI is InChI=1S/C20H21N3O2/c1-25-19-7-3-5-17(13-19)15-22-8-10-23(11-9-22)20(24)18-6-2-4-16(12-18)14-21/h2-7,12-13H,8-11,15H2,1H3. The van der Waals surface area contributed by atoms with E-state index in [1.165, 1.54) is 5.56 Å². The molecule has 0 aliphatic carbocycles. The molecule has 0 spiro atoms. The van der Waals surface area contributed by atoms with E-state index in [-0.39, 0.29) is 5.91 Å². The average molecular weight is 335 g/mol. The molecule has 0 N–H and O–H groups in total. The minimum Gasteiger partial charge on any atom is -0.497 e. The highest BCUT2D eigenvalue weighted by molar-refractivity contribution is 5.94. The number of methoxy groups -OCH3 is 1. The van der Waals surface area contributed by atoms with Gasteiger partial charge < -0.3 is 9.64 Å². The number of nitrogens with zero attached hydrogens (tertiary/aromatic N) is 3. The molecule has 0 radical (unpaired) electrons. The van der Waals surface area contributed by atoms with Crippen molar-refractivity contribution in [3.8, 4) is 11.8 Å². The molecule has 128 valence electrons.